The molecule has 1 saturated heterocycles. The highest BCUT2D eigenvalue weighted by Gasteiger charge is 2.23. The number of halogens is 1. The van der Waals surface area contributed by atoms with E-state index in [1.807, 2.05) is 6.07 Å². The Morgan fingerprint density at radius 2 is 2.05 bits per heavy atom. The predicted molar refractivity (Wildman–Crippen MR) is 82.1 cm³/mol. The van der Waals surface area contributed by atoms with Crippen LogP contribution in [0.15, 0.2) is 18.2 Å². The second-order valence-electron chi connectivity index (χ2n) is 6.03. The Hall–Kier alpha value is -1.16. The van der Waals surface area contributed by atoms with Crippen LogP contribution in [0.2, 0.25) is 0 Å². The maximum Gasteiger partial charge on any atom is 0.135 e. The van der Waals surface area contributed by atoms with Crippen LogP contribution in [0, 0.1) is 11.2 Å². The molecule has 0 bridgehead atoms. The van der Waals surface area contributed by atoms with Crippen molar-refractivity contribution in [2.75, 3.05) is 18.0 Å². The lowest BCUT2D eigenvalue weighted by molar-refractivity contribution is 0.325. The highest BCUT2D eigenvalue weighted by Crippen LogP contribution is 2.32. The Morgan fingerprint density at radius 3 is 2.68 bits per heavy atom. The van der Waals surface area contributed by atoms with Gasteiger partial charge in [-0.15, -0.1) is 0 Å². The normalized spacial score (nSPS) is 19.0. The number of nitrogens with zero attached hydrogens (tertiary/aromatic N) is 1. The number of benzene rings is 1. The largest absolute Gasteiger partial charge is 0.389 e. The van der Waals surface area contributed by atoms with Gasteiger partial charge >= 0.3 is 0 Å². The molecule has 0 spiro atoms. The SMILES string of the molecule is CC1(C)CCCN(c2ccc(C(N)=S)c(F)c2)CC1. The van der Waals surface area contributed by atoms with Crippen LogP contribution in [0.25, 0.3) is 0 Å². The number of hydrogen-bond donors (Lipinski definition) is 1. The summed E-state index contributed by atoms with van der Waals surface area (Å²) in [6, 6.07) is 5.14. The minimum absolute atomic E-state index is 0.112. The van der Waals surface area contributed by atoms with Crippen LogP contribution < -0.4 is 10.6 Å². The molecule has 1 heterocycles. The van der Waals surface area contributed by atoms with Gasteiger partial charge < -0.3 is 10.6 Å². The van der Waals surface area contributed by atoms with E-state index >= 15 is 0 Å². The van der Waals surface area contributed by atoms with Crippen LogP contribution in [-0.4, -0.2) is 18.1 Å². The number of rotatable bonds is 2. The zero-order valence-electron chi connectivity index (χ0n) is 11.6. The molecular formula is C15H21FN2S. The van der Waals surface area contributed by atoms with Crippen LogP contribution in [0.3, 0.4) is 0 Å². The molecule has 2 rings (SSSR count). The van der Waals surface area contributed by atoms with E-state index in [0.29, 0.717) is 11.0 Å². The quantitative estimate of drug-likeness (QED) is 0.841. The third kappa shape index (κ3) is 3.44. The van der Waals surface area contributed by atoms with E-state index in [1.54, 1.807) is 12.1 Å². The predicted octanol–water partition coefficient (Wildman–Crippen LogP) is 3.48. The van der Waals surface area contributed by atoms with Gasteiger partial charge in [-0.1, -0.05) is 26.1 Å². The summed E-state index contributed by atoms with van der Waals surface area (Å²) < 4.78 is 13.9. The number of anilines is 1. The molecule has 0 aromatic heterocycles. The smallest absolute Gasteiger partial charge is 0.135 e. The highest BCUT2D eigenvalue weighted by molar-refractivity contribution is 7.80. The van der Waals surface area contributed by atoms with Crippen LogP contribution in [0.1, 0.15) is 38.7 Å². The third-order valence-electron chi connectivity index (χ3n) is 3.92. The zero-order chi connectivity index (χ0) is 14.0. The fourth-order valence-corrected chi connectivity index (χ4v) is 2.75. The van der Waals surface area contributed by atoms with E-state index in [-0.39, 0.29) is 10.8 Å². The maximum atomic E-state index is 13.9. The average Bonchev–Trinajstić information content (AvgIpc) is 2.49. The number of thiocarbonyl (C=S) groups is 1. The Kier molecular flexibility index (Phi) is 4.09. The molecule has 1 aromatic rings. The minimum Gasteiger partial charge on any atom is -0.389 e. The Balaban J connectivity index is 2.18. The lowest BCUT2D eigenvalue weighted by atomic mass is 9.85. The molecule has 19 heavy (non-hydrogen) atoms. The van der Waals surface area contributed by atoms with E-state index in [4.69, 9.17) is 18.0 Å². The van der Waals surface area contributed by atoms with E-state index in [0.717, 1.165) is 31.6 Å². The Morgan fingerprint density at radius 1 is 1.32 bits per heavy atom. The molecule has 0 saturated carbocycles. The van der Waals surface area contributed by atoms with Crippen LogP contribution in [0.5, 0.6) is 0 Å². The molecule has 4 heteroatoms. The summed E-state index contributed by atoms with van der Waals surface area (Å²) in [5, 5.41) is 0. The summed E-state index contributed by atoms with van der Waals surface area (Å²) in [4.78, 5) is 2.36. The Labute approximate surface area is 119 Å². The first-order chi connectivity index (χ1) is 8.89. The van der Waals surface area contributed by atoms with Crippen molar-refractivity contribution in [2.45, 2.75) is 33.1 Å². The van der Waals surface area contributed by atoms with Gasteiger partial charge in [0.2, 0.25) is 0 Å². The molecule has 1 aromatic carbocycles. The first-order valence-electron chi connectivity index (χ1n) is 6.73. The topological polar surface area (TPSA) is 29.3 Å². The van der Waals surface area contributed by atoms with Gasteiger partial charge in [0.05, 0.1) is 0 Å². The first-order valence-corrected chi connectivity index (χ1v) is 7.14. The van der Waals surface area contributed by atoms with Gasteiger partial charge in [-0.25, -0.2) is 4.39 Å². The van der Waals surface area contributed by atoms with E-state index in [1.165, 1.54) is 6.42 Å². The molecule has 1 fully saturated rings. The summed E-state index contributed by atoms with van der Waals surface area (Å²) in [5.74, 6) is -0.325. The van der Waals surface area contributed by atoms with E-state index < -0.39 is 0 Å². The summed E-state index contributed by atoms with van der Waals surface area (Å²) >= 11 is 4.83. The summed E-state index contributed by atoms with van der Waals surface area (Å²) in [7, 11) is 0. The number of nitrogens with two attached hydrogens (primary N) is 1. The molecule has 2 N–H and O–H groups in total. The van der Waals surface area contributed by atoms with Gasteiger partial charge in [-0.2, -0.15) is 0 Å². The molecule has 0 unspecified atom stereocenters. The van der Waals surface area contributed by atoms with E-state index in [9.17, 15) is 4.39 Å². The zero-order valence-corrected chi connectivity index (χ0v) is 12.4. The molecule has 0 aliphatic carbocycles. The summed E-state index contributed by atoms with van der Waals surface area (Å²) in [5.41, 5.74) is 7.12. The van der Waals surface area contributed by atoms with Crippen LogP contribution in [-0.2, 0) is 0 Å². The molecule has 0 amide bonds. The van der Waals surface area contributed by atoms with Gasteiger partial charge in [-0.3, -0.25) is 0 Å². The molecule has 1 aliphatic heterocycles. The molecule has 0 atom stereocenters. The molecule has 1 aliphatic rings. The maximum absolute atomic E-state index is 13.9. The fraction of sp³-hybridized carbons (Fsp3) is 0.533. The second kappa shape index (κ2) is 5.45. The van der Waals surface area contributed by atoms with Gasteiger partial charge in [0.15, 0.2) is 0 Å². The van der Waals surface area contributed by atoms with Crippen LogP contribution >= 0.6 is 12.2 Å². The van der Waals surface area contributed by atoms with Gasteiger partial charge in [0.1, 0.15) is 10.8 Å². The van der Waals surface area contributed by atoms with Crippen molar-refractivity contribution < 1.29 is 4.39 Å². The molecule has 0 radical (unpaired) electrons. The van der Waals surface area contributed by atoms with Gasteiger partial charge in [0, 0.05) is 24.3 Å². The van der Waals surface area contributed by atoms with Crippen molar-refractivity contribution in [1.29, 1.82) is 0 Å². The van der Waals surface area contributed by atoms with Crippen LogP contribution in [0.4, 0.5) is 10.1 Å². The fourth-order valence-electron chi connectivity index (χ4n) is 2.58. The van der Waals surface area contributed by atoms with Gasteiger partial charge in [-0.05, 0) is 42.9 Å². The first kappa shape index (κ1) is 14.3. The lowest BCUT2D eigenvalue weighted by Crippen LogP contribution is -2.25. The van der Waals surface area contributed by atoms with Crippen molar-refractivity contribution in [3.05, 3.63) is 29.6 Å². The average molecular weight is 280 g/mol. The lowest BCUT2D eigenvalue weighted by Gasteiger charge is -2.25. The Bertz CT molecular complexity index is 485. The standard InChI is InChI=1S/C15H21FN2S/c1-15(2)6-3-8-18(9-7-15)11-4-5-12(14(17)19)13(16)10-11/h4-5,10H,3,6-9H2,1-2H3,(H2,17,19). The van der Waals surface area contributed by atoms with Crippen molar-refractivity contribution in [3.8, 4) is 0 Å². The minimum atomic E-state index is -0.325. The molecule has 2 nitrogen and oxygen atoms in total. The van der Waals surface area contributed by atoms with Gasteiger partial charge in [0.25, 0.3) is 0 Å². The third-order valence-corrected chi connectivity index (χ3v) is 4.14. The van der Waals surface area contributed by atoms with Crippen molar-refractivity contribution in [1.82, 2.24) is 0 Å². The van der Waals surface area contributed by atoms with Crippen molar-refractivity contribution in [2.24, 2.45) is 11.1 Å². The molecular weight excluding hydrogens is 259 g/mol. The summed E-state index contributed by atoms with van der Waals surface area (Å²) in [6.07, 6.45) is 3.49. The highest BCUT2D eigenvalue weighted by atomic mass is 32.1. The molecule has 104 valence electrons. The summed E-state index contributed by atoms with van der Waals surface area (Å²) in [6.45, 7) is 6.55. The van der Waals surface area contributed by atoms with Crippen molar-refractivity contribution in [3.63, 3.8) is 0 Å². The van der Waals surface area contributed by atoms with Crippen molar-refractivity contribution >= 4 is 22.9 Å². The number of hydrogen-bond acceptors (Lipinski definition) is 2. The monoisotopic (exact) mass is 280 g/mol. The second-order valence-corrected chi connectivity index (χ2v) is 6.47. The van der Waals surface area contributed by atoms with E-state index in [2.05, 4.69) is 18.7 Å².